The molecule has 0 unspecified atom stereocenters. The zero-order valence-electron chi connectivity index (χ0n) is 9.87. The van der Waals surface area contributed by atoms with E-state index in [0.717, 1.165) is 5.56 Å². The number of rotatable bonds is 1. The van der Waals surface area contributed by atoms with Gasteiger partial charge < -0.3 is 10.2 Å². The van der Waals surface area contributed by atoms with Gasteiger partial charge in [-0.25, -0.2) is 4.98 Å². The highest BCUT2D eigenvalue weighted by molar-refractivity contribution is 6.00. The Balaban J connectivity index is 2.04. The molecule has 1 amide bonds. The number of aromatic nitrogens is 2. The van der Waals surface area contributed by atoms with E-state index in [1.807, 2.05) is 12.1 Å². The van der Waals surface area contributed by atoms with Crippen LogP contribution in [0.1, 0.15) is 22.1 Å². The summed E-state index contributed by atoms with van der Waals surface area (Å²) in [6.07, 6.45) is 4.90. The van der Waals surface area contributed by atoms with E-state index >= 15 is 0 Å². The van der Waals surface area contributed by atoms with Gasteiger partial charge in [-0.1, -0.05) is 6.07 Å². The maximum atomic E-state index is 12.2. The van der Waals surface area contributed by atoms with E-state index in [0.29, 0.717) is 11.4 Å². The lowest BCUT2D eigenvalue weighted by atomic mass is 10.1. The Morgan fingerprint density at radius 1 is 1.28 bits per heavy atom. The van der Waals surface area contributed by atoms with Crippen molar-refractivity contribution >= 4 is 11.7 Å². The number of hydrogen-bond acceptors (Lipinski definition) is 4. The van der Waals surface area contributed by atoms with Gasteiger partial charge in [0.15, 0.2) is 0 Å². The predicted molar refractivity (Wildman–Crippen MR) is 66.9 cm³/mol. The second kappa shape index (κ2) is 4.10. The van der Waals surface area contributed by atoms with Crippen molar-refractivity contribution in [3.05, 3.63) is 54.0 Å². The van der Waals surface area contributed by atoms with Gasteiger partial charge in [0, 0.05) is 31.2 Å². The van der Waals surface area contributed by atoms with Crippen molar-refractivity contribution in [3.63, 3.8) is 0 Å². The summed E-state index contributed by atoms with van der Waals surface area (Å²) in [6, 6.07) is 7.32. The summed E-state index contributed by atoms with van der Waals surface area (Å²) in [7, 11) is 1.77. The fourth-order valence-corrected chi connectivity index (χ4v) is 2.07. The van der Waals surface area contributed by atoms with Crippen LogP contribution in [0, 0.1) is 0 Å². The van der Waals surface area contributed by atoms with Crippen molar-refractivity contribution in [2.24, 2.45) is 0 Å². The van der Waals surface area contributed by atoms with Gasteiger partial charge in [-0.05, 0) is 18.2 Å². The normalized spacial score (nSPS) is 18.2. The number of nitrogens with zero attached hydrogens (tertiary/aromatic N) is 3. The van der Waals surface area contributed by atoms with Crippen molar-refractivity contribution in [1.82, 2.24) is 14.9 Å². The molecule has 3 rings (SSSR count). The molecular weight excluding hydrogens is 228 g/mol. The maximum absolute atomic E-state index is 12.2. The standard InChI is InChI=1S/C13H12N4O/c1-17-12(9-4-2-6-14-8-9)16-11-10(13(17)18)5-3-7-15-11/h2-8,12H,1H3,(H,15,16)/t12-/m0/s1. The van der Waals surface area contributed by atoms with E-state index in [1.54, 1.807) is 42.7 Å². The Labute approximate surface area is 104 Å². The van der Waals surface area contributed by atoms with Crippen LogP contribution < -0.4 is 5.32 Å². The van der Waals surface area contributed by atoms with Crippen LogP contribution in [0.25, 0.3) is 0 Å². The first-order valence-electron chi connectivity index (χ1n) is 5.66. The summed E-state index contributed by atoms with van der Waals surface area (Å²) < 4.78 is 0. The summed E-state index contributed by atoms with van der Waals surface area (Å²) in [5.74, 6) is 0.583. The van der Waals surface area contributed by atoms with Gasteiger partial charge in [-0.15, -0.1) is 0 Å². The minimum absolute atomic E-state index is 0.0364. The van der Waals surface area contributed by atoms with E-state index in [4.69, 9.17) is 0 Å². The summed E-state index contributed by atoms with van der Waals surface area (Å²) in [6.45, 7) is 0. The average molecular weight is 240 g/mol. The lowest BCUT2D eigenvalue weighted by molar-refractivity contribution is 0.0734. The molecular formula is C13H12N4O. The smallest absolute Gasteiger partial charge is 0.259 e. The summed E-state index contributed by atoms with van der Waals surface area (Å²) in [5.41, 5.74) is 1.53. The van der Waals surface area contributed by atoms with E-state index in [9.17, 15) is 4.79 Å². The predicted octanol–water partition coefficient (Wildman–Crippen LogP) is 1.67. The van der Waals surface area contributed by atoms with Gasteiger partial charge >= 0.3 is 0 Å². The van der Waals surface area contributed by atoms with Crippen LogP contribution in [0.3, 0.4) is 0 Å². The Bertz CT molecular complexity index is 585. The van der Waals surface area contributed by atoms with Crippen LogP contribution in [-0.4, -0.2) is 27.8 Å². The van der Waals surface area contributed by atoms with Gasteiger partial charge in [0.2, 0.25) is 0 Å². The number of anilines is 1. The Hall–Kier alpha value is -2.43. The monoisotopic (exact) mass is 240 g/mol. The van der Waals surface area contributed by atoms with Gasteiger partial charge in [-0.2, -0.15) is 0 Å². The molecule has 3 heterocycles. The van der Waals surface area contributed by atoms with Crippen LogP contribution in [-0.2, 0) is 0 Å². The van der Waals surface area contributed by atoms with Crippen molar-refractivity contribution in [2.45, 2.75) is 6.17 Å². The van der Waals surface area contributed by atoms with E-state index in [2.05, 4.69) is 15.3 Å². The quantitative estimate of drug-likeness (QED) is 0.823. The number of carbonyl (C=O) groups excluding carboxylic acids is 1. The third-order valence-corrected chi connectivity index (χ3v) is 3.02. The van der Waals surface area contributed by atoms with Crippen LogP contribution in [0.4, 0.5) is 5.82 Å². The molecule has 1 aliphatic rings. The average Bonchev–Trinajstić information content (AvgIpc) is 2.44. The minimum Gasteiger partial charge on any atom is -0.345 e. The van der Waals surface area contributed by atoms with Crippen molar-refractivity contribution in [3.8, 4) is 0 Å². The topological polar surface area (TPSA) is 58.1 Å². The fourth-order valence-electron chi connectivity index (χ4n) is 2.07. The van der Waals surface area contributed by atoms with Gasteiger partial charge in [0.25, 0.3) is 5.91 Å². The first-order valence-corrected chi connectivity index (χ1v) is 5.66. The van der Waals surface area contributed by atoms with Gasteiger partial charge in [0.05, 0.1) is 5.56 Å². The van der Waals surface area contributed by atoms with Gasteiger partial charge in [0.1, 0.15) is 12.0 Å². The number of fused-ring (bicyclic) bond motifs is 1. The number of hydrogen-bond donors (Lipinski definition) is 1. The second-order valence-corrected chi connectivity index (χ2v) is 4.15. The first-order chi connectivity index (χ1) is 8.77. The molecule has 0 fully saturated rings. The Morgan fingerprint density at radius 3 is 2.89 bits per heavy atom. The molecule has 1 N–H and O–H groups in total. The largest absolute Gasteiger partial charge is 0.345 e. The van der Waals surface area contributed by atoms with Crippen LogP contribution in [0.2, 0.25) is 0 Å². The third kappa shape index (κ3) is 1.60. The van der Waals surface area contributed by atoms with Gasteiger partial charge in [-0.3, -0.25) is 9.78 Å². The molecule has 18 heavy (non-hydrogen) atoms. The molecule has 2 aromatic heterocycles. The highest BCUT2D eigenvalue weighted by Crippen LogP contribution is 2.29. The Kier molecular flexibility index (Phi) is 2.44. The zero-order valence-corrected chi connectivity index (χ0v) is 9.87. The van der Waals surface area contributed by atoms with Crippen molar-refractivity contribution < 1.29 is 4.79 Å². The molecule has 1 atom stereocenters. The molecule has 0 bridgehead atoms. The lowest BCUT2D eigenvalue weighted by Gasteiger charge is -2.34. The van der Waals surface area contributed by atoms with Crippen molar-refractivity contribution in [1.29, 1.82) is 0 Å². The Morgan fingerprint density at radius 2 is 2.11 bits per heavy atom. The highest BCUT2D eigenvalue weighted by atomic mass is 16.2. The van der Waals surface area contributed by atoms with E-state index < -0.39 is 0 Å². The molecule has 0 aliphatic carbocycles. The van der Waals surface area contributed by atoms with Crippen molar-refractivity contribution in [2.75, 3.05) is 12.4 Å². The molecule has 0 saturated carbocycles. The number of amides is 1. The molecule has 0 aromatic carbocycles. The second-order valence-electron chi connectivity index (χ2n) is 4.15. The summed E-state index contributed by atoms with van der Waals surface area (Å²) >= 11 is 0. The summed E-state index contributed by atoms with van der Waals surface area (Å²) in [5, 5.41) is 3.25. The number of pyridine rings is 2. The van der Waals surface area contributed by atoms with Crippen LogP contribution >= 0.6 is 0 Å². The number of nitrogens with one attached hydrogen (secondary N) is 1. The molecule has 5 nitrogen and oxygen atoms in total. The fraction of sp³-hybridized carbons (Fsp3) is 0.154. The maximum Gasteiger partial charge on any atom is 0.259 e. The van der Waals surface area contributed by atoms with E-state index in [1.165, 1.54) is 0 Å². The highest BCUT2D eigenvalue weighted by Gasteiger charge is 2.30. The zero-order chi connectivity index (χ0) is 12.5. The summed E-state index contributed by atoms with van der Waals surface area (Å²) in [4.78, 5) is 22.2. The number of carbonyl (C=O) groups is 1. The van der Waals surface area contributed by atoms with Crippen LogP contribution in [0.15, 0.2) is 42.9 Å². The van der Waals surface area contributed by atoms with E-state index in [-0.39, 0.29) is 12.1 Å². The molecule has 2 aromatic rings. The lowest BCUT2D eigenvalue weighted by Crippen LogP contribution is -2.40. The molecule has 1 aliphatic heterocycles. The molecule has 0 saturated heterocycles. The van der Waals surface area contributed by atoms with Crippen LogP contribution in [0.5, 0.6) is 0 Å². The molecule has 5 heteroatoms. The SMILES string of the molecule is CN1C(=O)c2cccnc2N[C@@H]1c1cccnc1. The first kappa shape index (κ1) is 10.7. The molecule has 0 spiro atoms. The third-order valence-electron chi connectivity index (χ3n) is 3.02. The molecule has 90 valence electrons. The minimum atomic E-state index is -0.228. The molecule has 0 radical (unpaired) electrons.